The molecule has 0 N–H and O–H groups in total. The van der Waals surface area contributed by atoms with E-state index in [1.165, 1.54) is 63.5 Å². The fourth-order valence-electron chi connectivity index (χ4n) is 6.58. The molecule has 0 aliphatic heterocycles. The molecule has 0 aromatic heterocycles. The third kappa shape index (κ3) is 4.44. The highest BCUT2D eigenvalue weighted by Crippen LogP contribution is 2.47. The van der Waals surface area contributed by atoms with Gasteiger partial charge in [0, 0.05) is 4.28 Å². The Morgan fingerprint density at radius 1 is 0.607 bits per heavy atom. The minimum Gasteiger partial charge on any atom is -0.204 e. The molecule has 0 radical (unpaired) electrons. The molecule has 0 nitrogen and oxygen atoms in total. The molecule has 3 aliphatic carbocycles. The van der Waals surface area contributed by atoms with E-state index in [1.54, 1.807) is 0 Å². The molecule has 162 valence electrons. The topological polar surface area (TPSA) is 0 Å². The van der Waals surface area contributed by atoms with Crippen LogP contribution in [0.5, 0.6) is 0 Å². The van der Waals surface area contributed by atoms with E-state index >= 15 is 0 Å². The number of rotatable bonds is 3. The zero-order chi connectivity index (χ0) is 19.7. The van der Waals surface area contributed by atoms with Gasteiger partial charge in [0.25, 0.3) is 0 Å². The number of hydrogen-bond donors (Lipinski definition) is 0. The molecule has 3 aliphatic rings. The monoisotopic (exact) mass is 398 g/mol. The molecule has 0 atom stereocenters. The second-order valence-electron chi connectivity index (χ2n) is 10.1. The first-order valence-corrected chi connectivity index (χ1v) is 11.7. The summed E-state index contributed by atoms with van der Waals surface area (Å²) in [5.41, 5.74) is 0.644. The van der Waals surface area contributed by atoms with Crippen LogP contribution in [0.1, 0.15) is 99.7 Å². The van der Waals surface area contributed by atoms with Crippen molar-refractivity contribution in [2.24, 2.45) is 29.6 Å². The van der Waals surface area contributed by atoms with Gasteiger partial charge in [0.2, 0.25) is 0 Å². The van der Waals surface area contributed by atoms with E-state index in [9.17, 15) is 13.2 Å². The van der Waals surface area contributed by atoms with E-state index in [2.05, 4.69) is 6.92 Å². The van der Waals surface area contributed by atoms with Crippen LogP contribution in [0.3, 0.4) is 0 Å². The van der Waals surface area contributed by atoms with Crippen molar-refractivity contribution in [1.29, 1.82) is 0 Å². The van der Waals surface area contributed by atoms with Crippen LogP contribution < -0.4 is 0 Å². The highest BCUT2D eigenvalue weighted by atomic mass is 19.2. The summed E-state index contributed by atoms with van der Waals surface area (Å²) in [5.74, 6) is 1.25. The molecule has 1 aromatic carbocycles. The Hall–Kier alpha value is -0.990. The van der Waals surface area contributed by atoms with Gasteiger partial charge in [0.05, 0.1) is 0 Å². The molecular formula is C25H41F3. The van der Waals surface area contributed by atoms with Crippen LogP contribution in [-0.4, -0.2) is 0 Å². The third-order valence-electron chi connectivity index (χ3n) is 8.46. The molecule has 0 bridgehead atoms. The summed E-state index contributed by atoms with van der Waals surface area (Å²) in [6, 6.07) is 2.42. The summed E-state index contributed by atoms with van der Waals surface area (Å²) in [6.07, 6.45) is 15.6. The van der Waals surface area contributed by atoms with Crippen LogP contribution in [0.25, 0.3) is 0 Å². The lowest BCUT2D eigenvalue weighted by Gasteiger charge is -2.41. The van der Waals surface area contributed by atoms with Crippen molar-refractivity contribution in [3.8, 4) is 0 Å². The predicted octanol–water partition coefficient (Wildman–Crippen LogP) is 8.75. The third-order valence-corrected chi connectivity index (χ3v) is 8.46. The molecule has 3 fully saturated rings. The van der Waals surface area contributed by atoms with Crippen LogP contribution in [0, 0.1) is 47.0 Å². The van der Waals surface area contributed by atoms with E-state index in [0.29, 0.717) is 5.56 Å². The largest absolute Gasteiger partial charge is 0.204 e. The molecule has 4 rings (SSSR count). The van der Waals surface area contributed by atoms with Crippen LogP contribution in [-0.2, 0) is 0 Å². The van der Waals surface area contributed by atoms with Crippen LogP contribution >= 0.6 is 0 Å². The molecule has 0 unspecified atom stereocenters. The van der Waals surface area contributed by atoms with Crippen molar-refractivity contribution in [2.75, 3.05) is 0 Å². The summed E-state index contributed by atoms with van der Waals surface area (Å²) in [4.78, 5) is 0. The Balaban J connectivity index is 0.00000160. The second kappa shape index (κ2) is 8.79. The summed E-state index contributed by atoms with van der Waals surface area (Å²) >= 11 is 0. The first-order valence-electron chi connectivity index (χ1n) is 11.7. The summed E-state index contributed by atoms with van der Waals surface area (Å²) in [7, 11) is 0. The zero-order valence-corrected chi connectivity index (χ0v) is 17.2. The average Bonchev–Trinajstić information content (AvgIpc) is 2.72. The minimum absolute atomic E-state index is 0. The normalized spacial score (nSPS) is 37.0. The smallest absolute Gasteiger partial charge is 0.194 e. The van der Waals surface area contributed by atoms with Gasteiger partial charge < -0.3 is 0 Å². The van der Waals surface area contributed by atoms with Crippen LogP contribution in [0.15, 0.2) is 12.1 Å². The molecular weight excluding hydrogens is 357 g/mol. The lowest BCUT2D eigenvalue weighted by atomic mass is 9.65. The van der Waals surface area contributed by atoms with E-state index in [1.807, 2.05) is 0 Å². The molecule has 0 saturated heterocycles. The SMILES string of the molecule is CC1CCC(C2CCC(C3CCC(c4cc(F)c(F)c(F)c4)CC3)CC2)CC1.[HH].[HH].[HH]. The van der Waals surface area contributed by atoms with Crippen molar-refractivity contribution < 1.29 is 17.5 Å². The van der Waals surface area contributed by atoms with Crippen LogP contribution in [0.2, 0.25) is 0 Å². The van der Waals surface area contributed by atoms with Crippen molar-refractivity contribution in [2.45, 2.75) is 89.9 Å². The highest BCUT2D eigenvalue weighted by Gasteiger charge is 2.34. The Labute approximate surface area is 172 Å². The summed E-state index contributed by atoms with van der Waals surface area (Å²) < 4.78 is 40.3. The number of halogens is 3. The molecule has 0 amide bonds. The fraction of sp³-hybridized carbons (Fsp3) is 0.760. The quantitative estimate of drug-likeness (QED) is 0.446. The first-order chi connectivity index (χ1) is 13.5. The molecule has 1 aromatic rings. The summed E-state index contributed by atoms with van der Waals surface area (Å²) in [5, 5.41) is 0. The fourth-order valence-corrected chi connectivity index (χ4v) is 6.58. The maximum atomic E-state index is 13.6. The van der Waals surface area contributed by atoms with E-state index < -0.39 is 17.5 Å². The first kappa shape index (κ1) is 20.3. The molecule has 0 heterocycles. The van der Waals surface area contributed by atoms with Crippen molar-refractivity contribution >= 4 is 0 Å². The zero-order valence-electron chi connectivity index (χ0n) is 17.2. The Morgan fingerprint density at radius 2 is 0.964 bits per heavy atom. The Bertz CT molecular complexity index is 637. The standard InChI is InChI=1S/C25H35F3.3H2/c1-16-2-4-17(5-3-16)18-6-8-19(9-7-18)20-10-12-21(13-11-20)22-14-23(26)25(28)24(27)15-22;;;/h14-21H,2-13H2,1H3;3*1H. The number of benzene rings is 1. The van der Waals surface area contributed by atoms with Gasteiger partial charge in [0.1, 0.15) is 0 Å². The lowest BCUT2D eigenvalue weighted by molar-refractivity contribution is 0.112. The van der Waals surface area contributed by atoms with E-state index in [0.717, 1.165) is 55.3 Å². The van der Waals surface area contributed by atoms with Gasteiger partial charge in [-0.15, -0.1) is 0 Å². The van der Waals surface area contributed by atoms with Crippen molar-refractivity contribution in [3.63, 3.8) is 0 Å². The molecule has 0 spiro atoms. The van der Waals surface area contributed by atoms with Gasteiger partial charge >= 0.3 is 0 Å². The molecule has 3 heteroatoms. The van der Waals surface area contributed by atoms with Gasteiger partial charge in [-0.2, -0.15) is 0 Å². The molecule has 3 saturated carbocycles. The van der Waals surface area contributed by atoms with Crippen LogP contribution in [0.4, 0.5) is 13.2 Å². The van der Waals surface area contributed by atoms with Gasteiger partial charge in [0.15, 0.2) is 17.5 Å². The van der Waals surface area contributed by atoms with Crippen molar-refractivity contribution in [1.82, 2.24) is 0 Å². The summed E-state index contributed by atoms with van der Waals surface area (Å²) in [6.45, 7) is 2.40. The second-order valence-corrected chi connectivity index (χ2v) is 10.1. The van der Waals surface area contributed by atoms with E-state index in [-0.39, 0.29) is 10.2 Å². The van der Waals surface area contributed by atoms with Gasteiger partial charge in [-0.1, -0.05) is 19.8 Å². The Morgan fingerprint density at radius 3 is 1.39 bits per heavy atom. The van der Waals surface area contributed by atoms with Gasteiger partial charge in [-0.25, -0.2) is 13.2 Å². The van der Waals surface area contributed by atoms with Gasteiger partial charge in [-0.3, -0.25) is 0 Å². The predicted molar refractivity (Wildman–Crippen MR) is 114 cm³/mol. The molecule has 28 heavy (non-hydrogen) atoms. The average molecular weight is 399 g/mol. The Kier molecular flexibility index (Phi) is 6.37. The minimum atomic E-state index is -1.35. The maximum absolute atomic E-state index is 13.6. The lowest BCUT2D eigenvalue weighted by Crippen LogP contribution is -2.29. The highest BCUT2D eigenvalue weighted by molar-refractivity contribution is 5.23. The maximum Gasteiger partial charge on any atom is 0.194 e. The number of hydrogen-bond acceptors (Lipinski definition) is 0. The van der Waals surface area contributed by atoms with E-state index in [4.69, 9.17) is 0 Å². The van der Waals surface area contributed by atoms with Gasteiger partial charge in [-0.05, 0) is 117 Å². The van der Waals surface area contributed by atoms with Crippen molar-refractivity contribution in [3.05, 3.63) is 35.1 Å².